The van der Waals surface area contributed by atoms with E-state index in [0.717, 1.165) is 36.1 Å². The second kappa shape index (κ2) is 11.5. The van der Waals surface area contributed by atoms with Gasteiger partial charge in [0.1, 0.15) is 18.7 Å². The molecule has 0 N–H and O–H groups in total. The fourth-order valence-corrected chi connectivity index (χ4v) is 7.90. The molecule has 1 aromatic heterocycles. The van der Waals surface area contributed by atoms with Crippen LogP contribution in [-0.2, 0) is 11.3 Å². The lowest BCUT2D eigenvalue weighted by Crippen LogP contribution is -3.00. The fourth-order valence-electron chi connectivity index (χ4n) is 7.90. The highest BCUT2D eigenvalue weighted by atomic mass is 79.9. The summed E-state index contributed by atoms with van der Waals surface area (Å²) < 4.78 is 7.81. The van der Waals surface area contributed by atoms with Crippen molar-refractivity contribution in [2.45, 2.75) is 31.5 Å². The van der Waals surface area contributed by atoms with E-state index in [0.29, 0.717) is 24.5 Å². The molecule has 208 valence electrons. The summed E-state index contributed by atoms with van der Waals surface area (Å²) >= 11 is 0. The molecule has 3 fully saturated rings. The quantitative estimate of drug-likeness (QED) is 0.134. The number of pyridine rings is 1. The Morgan fingerprint density at radius 3 is 2.29 bits per heavy atom. The summed E-state index contributed by atoms with van der Waals surface area (Å²) in [5.74, 6) is 1.18. The third kappa shape index (κ3) is 4.82. The van der Waals surface area contributed by atoms with Crippen LogP contribution < -0.4 is 17.0 Å². The highest BCUT2D eigenvalue weighted by molar-refractivity contribution is 6.02. The van der Waals surface area contributed by atoms with Crippen LogP contribution in [-0.4, -0.2) is 35.2 Å². The molecule has 0 aliphatic carbocycles. The molecule has 3 aliphatic rings. The molecule has 41 heavy (non-hydrogen) atoms. The number of ether oxygens (including phenoxy) is 1. The highest BCUT2D eigenvalue weighted by Crippen LogP contribution is 2.50. The molecule has 0 saturated carbocycles. The first-order chi connectivity index (χ1) is 19.7. The molecule has 1 unspecified atom stereocenters. The number of hydrogen-bond donors (Lipinski definition) is 0. The average molecular weight is 606 g/mol. The van der Waals surface area contributed by atoms with Gasteiger partial charge in [-0.15, -0.1) is 13.2 Å². The molecule has 3 nitrogen and oxygen atoms in total. The lowest BCUT2D eigenvalue weighted by atomic mass is 9.70. The minimum absolute atomic E-state index is 0. The number of para-hydroxylation sites is 1. The van der Waals surface area contributed by atoms with E-state index in [1.165, 1.54) is 44.5 Å². The Bertz CT molecular complexity index is 1670. The summed E-state index contributed by atoms with van der Waals surface area (Å²) in [4.78, 5) is 4.68. The summed E-state index contributed by atoms with van der Waals surface area (Å²) in [7, 11) is 0. The fraction of sp³-hybridized carbons (Fsp3) is 0.270. The predicted molar refractivity (Wildman–Crippen MR) is 166 cm³/mol. The third-order valence-corrected chi connectivity index (χ3v) is 9.76. The van der Waals surface area contributed by atoms with Crippen LogP contribution in [0.4, 0.5) is 0 Å². The lowest BCUT2D eigenvalue weighted by molar-refractivity contribution is -0.984. The van der Waals surface area contributed by atoms with Crippen molar-refractivity contribution in [2.24, 2.45) is 11.8 Å². The van der Waals surface area contributed by atoms with Gasteiger partial charge in [-0.05, 0) is 51.2 Å². The van der Waals surface area contributed by atoms with Crippen molar-refractivity contribution < 1.29 is 26.2 Å². The maximum Gasteiger partial charge on any atom is 0.135 e. The van der Waals surface area contributed by atoms with E-state index in [2.05, 4.69) is 109 Å². The summed E-state index contributed by atoms with van der Waals surface area (Å²) in [5, 5.41) is 6.56. The van der Waals surface area contributed by atoms with Crippen molar-refractivity contribution in [3.63, 3.8) is 0 Å². The van der Waals surface area contributed by atoms with Crippen LogP contribution in [0.15, 0.2) is 116 Å². The van der Waals surface area contributed by atoms with Gasteiger partial charge in [0.25, 0.3) is 0 Å². The van der Waals surface area contributed by atoms with E-state index in [9.17, 15) is 0 Å². The first-order valence-electron chi connectivity index (χ1n) is 14.6. The van der Waals surface area contributed by atoms with Gasteiger partial charge < -0.3 is 26.2 Å². The molecule has 4 aromatic carbocycles. The number of hydrogen-bond acceptors (Lipinski definition) is 2. The molecule has 5 atom stereocenters. The van der Waals surface area contributed by atoms with E-state index in [-0.39, 0.29) is 23.1 Å². The standard InChI is InChI=1S/C37H37N2O.BrH/c1-3-21-40-37(33-17-19-38-35-16-10-9-15-32(33)35)36-23-27-18-20-39(36,24-26(27)4-2)25-34-30-13-7-5-11-28(30)22-29-12-6-8-14-31(29)34;/h3-17,19,22,26-27,36-37H,1-2,18,20-21,23-25H2;1H/q+1;/p-1/t26-,27-,36-,37+,39?;/m0./s1. The van der Waals surface area contributed by atoms with E-state index in [1.807, 2.05) is 12.3 Å². The largest absolute Gasteiger partial charge is 1.00 e. The van der Waals surface area contributed by atoms with Crippen molar-refractivity contribution in [3.8, 4) is 0 Å². The molecule has 0 radical (unpaired) electrons. The average Bonchev–Trinajstić information content (AvgIpc) is 3.01. The molecule has 2 bridgehead atoms. The van der Waals surface area contributed by atoms with Crippen molar-refractivity contribution >= 4 is 32.4 Å². The number of aromatic nitrogens is 1. The molecule has 4 heteroatoms. The molecule has 0 amide bonds. The second-order valence-corrected chi connectivity index (χ2v) is 11.8. The Kier molecular flexibility index (Phi) is 7.82. The molecule has 8 rings (SSSR count). The van der Waals surface area contributed by atoms with E-state index in [1.54, 1.807) is 0 Å². The first-order valence-corrected chi connectivity index (χ1v) is 14.6. The van der Waals surface area contributed by atoms with Crippen LogP contribution in [0.2, 0.25) is 0 Å². The van der Waals surface area contributed by atoms with E-state index in [4.69, 9.17) is 4.74 Å². The lowest BCUT2D eigenvalue weighted by Gasteiger charge is -2.58. The van der Waals surface area contributed by atoms with Gasteiger partial charge in [0.05, 0.1) is 25.2 Å². The topological polar surface area (TPSA) is 22.1 Å². The molecule has 3 aliphatic heterocycles. The number of benzene rings is 4. The van der Waals surface area contributed by atoms with Gasteiger partial charge in [-0.2, -0.15) is 0 Å². The molecule has 3 saturated heterocycles. The maximum atomic E-state index is 6.80. The van der Waals surface area contributed by atoms with Crippen molar-refractivity contribution in [1.29, 1.82) is 0 Å². The number of nitrogens with zero attached hydrogens (tertiary/aromatic N) is 2. The monoisotopic (exact) mass is 604 g/mol. The van der Waals surface area contributed by atoms with Gasteiger partial charge >= 0.3 is 0 Å². The van der Waals surface area contributed by atoms with Crippen LogP contribution in [0.1, 0.15) is 30.1 Å². The Hall–Kier alpha value is -3.31. The van der Waals surface area contributed by atoms with Crippen LogP contribution in [0.25, 0.3) is 32.4 Å². The third-order valence-electron chi connectivity index (χ3n) is 9.76. The number of rotatable bonds is 8. The molecule has 5 aromatic rings. The van der Waals surface area contributed by atoms with Crippen molar-refractivity contribution in [1.82, 2.24) is 4.98 Å². The van der Waals surface area contributed by atoms with Gasteiger partial charge in [-0.25, -0.2) is 0 Å². The summed E-state index contributed by atoms with van der Waals surface area (Å²) in [6.45, 7) is 12.1. The van der Waals surface area contributed by atoms with Crippen molar-refractivity contribution in [3.05, 3.63) is 128 Å². The van der Waals surface area contributed by atoms with Gasteiger partial charge in [-0.3, -0.25) is 4.98 Å². The molecule has 0 spiro atoms. The number of halogens is 1. The zero-order valence-electron chi connectivity index (χ0n) is 23.5. The SMILES string of the molecule is C=CCO[C@H](c1ccnc2ccccc12)[C@@H]1C[C@@H]2CC[N+]1(Cc1c3ccccc3cc3ccccc13)C[C@@H]2C=C.[Br-]. The van der Waals surface area contributed by atoms with E-state index < -0.39 is 0 Å². The Morgan fingerprint density at radius 1 is 0.902 bits per heavy atom. The Morgan fingerprint density at radius 2 is 1.59 bits per heavy atom. The zero-order chi connectivity index (χ0) is 27.1. The first kappa shape index (κ1) is 27.8. The van der Waals surface area contributed by atoms with Crippen LogP contribution in [0.3, 0.4) is 0 Å². The summed E-state index contributed by atoms with van der Waals surface area (Å²) in [6, 6.07) is 31.2. The minimum atomic E-state index is -0.0410. The van der Waals surface area contributed by atoms with Crippen LogP contribution in [0.5, 0.6) is 0 Å². The highest BCUT2D eigenvalue weighted by Gasteiger charge is 2.54. The van der Waals surface area contributed by atoms with Gasteiger partial charge in [0.2, 0.25) is 0 Å². The minimum Gasteiger partial charge on any atom is -1.00 e. The number of fused-ring (bicyclic) bond motifs is 6. The van der Waals surface area contributed by atoms with Gasteiger partial charge in [-0.1, -0.05) is 78.9 Å². The number of piperidine rings is 3. The normalized spacial score (nSPS) is 24.2. The maximum absolute atomic E-state index is 6.80. The summed E-state index contributed by atoms with van der Waals surface area (Å²) in [5.41, 5.74) is 3.74. The summed E-state index contributed by atoms with van der Waals surface area (Å²) in [6.07, 6.45) is 8.41. The molecule has 4 heterocycles. The van der Waals surface area contributed by atoms with Gasteiger partial charge in [0.15, 0.2) is 0 Å². The van der Waals surface area contributed by atoms with Crippen molar-refractivity contribution in [2.75, 3.05) is 19.7 Å². The van der Waals surface area contributed by atoms with Gasteiger partial charge in [0, 0.05) is 35.9 Å². The smallest absolute Gasteiger partial charge is 0.135 e. The van der Waals surface area contributed by atoms with E-state index >= 15 is 0 Å². The predicted octanol–water partition coefficient (Wildman–Crippen LogP) is 5.40. The molecular weight excluding hydrogens is 568 g/mol. The van der Waals surface area contributed by atoms with Crippen LogP contribution >= 0.6 is 0 Å². The Balaban J connectivity index is 0.00000302. The zero-order valence-corrected chi connectivity index (χ0v) is 25.0. The molecular formula is C37H37BrN2O. The Labute approximate surface area is 253 Å². The number of quaternary nitrogens is 1. The van der Waals surface area contributed by atoms with Crippen LogP contribution in [0, 0.1) is 11.8 Å². The second-order valence-electron chi connectivity index (χ2n) is 11.8.